The maximum Gasteiger partial charge on any atom is 0.140 e. The molecule has 0 aliphatic rings. The number of hydrogen-bond donors (Lipinski definition) is 1. The Morgan fingerprint density at radius 3 is 2.45 bits per heavy atom. The Hall–Kier alpha value is -1.43. The van der Waals surface area contributed by atoms with E-state index in [1.54, 1.807) is 18.4 Å². The SMILES string of the molecule is COCc1nc(COc2cc(C)cc(C)c2)sc1CN. The molecule has 1 heterocycles. The van der Waals surface area contributed by atoms with E-state index < -0.39 is 0 Å². The number of methoxy groups -OCH3 is 1. The van der Waals surface area contributed by atoms with Crippen LogP contribution in [0.5, 0.6) is 5.75 Å². The van der Waals surface area contributed by atoms with Crippen LogP contribution in [0.15, 0.2) is 18.2 Å². The van der Waals surface area contributed by atoms with E-state index in [1.807, 2.05) is 12.1 Å². The Balaban J connectivity index is 2.06. The molecule has 108 valence electrons. The Morgan fingerprint density at radius 2 is 1.85 bits per heavy atom. The lowest BCUT2D eigenvalue weighted by Crippen LogP contribution is -1.99. The molecule has 0 atom stereocenters. The van der Waals surface area contributed by atoms with Crippen molar-refractivity contribution in [2.24, 2.45) is 5.73 Å². The molecule has 2 rings (SSSR count). The lowest BCUT2D eigenvalue weighted by molar-refractivity contribution is 0.181. The van der Waals surface area contributed by atoms with Gasteiger partial charge in [-0.15, -0.1) is 11.3 Å². The maximum atomic E-state index is 5.81. The molecule has 5 heteroatoms. The van der Waals surface area contributed by atoms with Crippen LogP contribution in [0.4, 0.5) is 0 Å². The van der Waals surface area contributed by atoms with E-state index in [4.69, 9.17) is 15.2 Å². The third-order valence-corrected chi connectivity index (χ3v) is 3.94. The molecular formula is C15H20N2O2S. The minimum atomic E-state index is 0.463. The van der Waals surface area contributed by atoms with Crippen LogP contribution in [0.25, 0.3) is 0 Å². The topological polar surface area (TPSA) is 57.4 Å². The van der Waals surface area contributed by atoms with E-state index in [2.05, 4.69) is 24.9 Å². The average molecular weight is 292 g/mol. The quantitative estimate of drug-likeness (QED) is 0.889. The highest BCUT2D eigenvalue weighted by Gasteiger charge is 2.10. The second-order valence-corrected chi connectivity index (χ2v) is 5.89. The largest absolute Gasteiger partial charge is 0.486 e. The third kappa shape index (κ3) is 3.79. The van der Waals surface area contributed by atoms with Gasteiger partial charge in [-0.1, -0.05) is 6.07 Å². The Morgan fingerprint density at radius 1 is 1.15 bits per heavy atom. The van der Waals surface area contributed by atoms with Crippen molar-refractivity contribution in [3.05, 3.63) is 44.9 Å². The summed E-state index contributed by atoms with van der Waals surface area (Å²) in [6, 6.07) is 6.18. The van der Waals surface area contributed by atoms with Gasteiger partial charge in [0.25, 0.3) is 0 Å². The first kappa shape index (κ1) is 15.0. The lowest BCUT2D eigenvalue weighted by atomic mass is 10.1. The summed E-state index contributed by atoms with van der Waals surface area (Å²) >= 11 is 1.59. The van der Waals surface area contributed by atoms with Gasteiger partial charge in [-0.25, -0.2) is 4.98 Å². The van der Waals surface area contributed by atoms with Crippen molar-refractivity contribution in [2.45, 2.75) is 33.6 Å². The fourth-order valence-electron chi connectivity index (χ4n) is 2.07. The van der Waals surface area contributed by atoms with E-state index in [9.17, 15) is 0 Å². The van der Waals surface area contributed by atoms with Crippen LogP contribution in [-0.4, -0.2) is 12.1 Å². The van der Waals surface area contributed by atoms with Crippen LogP contribution in [0.2, 0.25) is 0 Å². The molecule has 0 fully saturated rings. The van der Waals surface area contributed by atoms with Gasteiger partial charge in [0.2, 0.25) is 0 Å². The zero-order valence-electron chi connectivity index (χ0n) is 12.1. The predicted molar refractivity (Wildman–Crippen MR) is 81.0 cm³/mol. The maximum absolute atomic E-state index is 5.81. The first-order chi connectivity index (χ1) is 9.62. The van der Waals surface area contributed by atoms with Crippen molar-refractivity contribution >= 4 is 11.3 Å². The number of thiazole rings is 1. The normalized spacial score (nSPS) is 10.8. The van der Waals surface area contributed by atoms with Gasteiger partial charge in [0.1, 0.15) is 17.4 Å². The van der Waals surface area contributed by atoms with Crippen LogP contribution in [0.3, 0.4) is 0 Å². The van der Waals surface area contributed by atoms with Crippen molar-refractivity contribution in [1.82, 2.24) is 4.98 Å². The molecule has 0 spiro atoms. The van der Waals surface area contributed by atoms with Gasteiger partial charge < -0.3 is 15.2 Å². The van der Waals surface area contributed by atoms with Crippen LogP contribution < -0.4 is 10.5 Å². The number of nitrogens with two attached hydrogens (primary N) is 1. The molecule has 0 unspecified atom stereocenters. The summed E-state index contributed by atoms with van der Waals surface area (Å²) in [7, 11) is 1.66. The number of aromatic nitrogens is 1. The van der Waals surface area contributed by atoms with Crippen LogP contribution in [0.1, 0.15) is 26.7 Å². The highest BCUT2D eigenvalue weighted by Crippen LogP contribution is 2.22. The van der Waals surface area contributed by atoms with E-state index in [0.717, 1.165) is 21.3 Å². The fourth-order valence-corrected chi connectivity index (χ4v) is 2.93. The van der Waals surface area contributed by atoms with Gasteiger partial charge in [-0.3, -0.25) is 0 Å². The molecule has 1 aromatic carbocycles. The van der Waals surface area contributed by atoms with E-state index >= 15 is 0 Å². The molecule has 0 bridgehead atoms. The molecule has 0 radical (unpaired) electrons. The fraction of sp³-hybridized carbons (Fsp3) is 0.400. The zero-order chi connectivity index (χ0) is 14.5. The first-order valence-corrected chi connectivity index (χ1v) is 7.31. The molecule has 2 aromatic rings. The summed E-state index contributed by atoms with van der Waals surface area (Å²) in [4.78, 5) is 5.58. The average Bonchev–Trinajstić information content (AvgIpc) is 2.78. The number of ether oxygens (including phenoxy) is 2. The smallest absolute Gasteiger partial charge is 0.140 e. The molecule has 0 aliphatic heterocycles. The number of benzene rings is 1. The molecule has 20 heavy (non-hydrogen) atoms. The highest BCUT2D eigenvalue weighted by molar-refractivity contribution is 7.11. The van der Waals surface area contributed by atoms with Crippen LogP contribution in [0, 0.1) is 13.8 Å². The first-order valence-electron chi connectivity index (χ1n) is 6.50. The molecule has 0 saturated heterocycles. The minimum absolute atomic E-state index is 0.463. The Kier molecular flexibility index (Phi) is 5.11. The van der Waals surface area contributed by atoms with Gasteiger partial charge in [0.05, 0.1) is 12.3 Å². The predicted octanol–water partition coefficient (Wildman–Crippen LogP) is 2.94. The van der Waals surface area contributed by atoms with Crippen molar-refractivity contribution in [2.75, 3.05) is 7.11 Å². The van der Waals surface area contributed by atoms with Crippen molar-refractivity contribution < 1.29 is 9.47 Å². The van der Waals surface area contributed by atoms with Crippen LogP contribution >= 0.6 is 11.3 Å². The van der Waals surface area contributed by atoms with Gasteiger partial charge in [0.15, 0.2) is 0 Å². The van der Waals surface area contributed by atoms with E-state index in [-0.39, 0.29) is 0 Å². The monoisotopic (exact) mass is 292 g/mol. The molecule has 0 aliphatic carbocycles. The van der Waals surface area contributed by atoms with Crippen molar-refractivity contribution in [3.8, 4) is 5.75 Å². The standard InChI is InChI=1S/C15H20N2O2S/c1-10-4-11(2)6-12(5-10)19-9-15-17-13(8-18-3)14(7-16)20-15/h4-6H,7-9,16H2,1-3H3. The highest BCUT2D eigenvalue weighted by atomic mass is 32.1. The summed E-state index contributed by atoms with van der Waals surface area (Å²) in [5.41, 5.74) is 9.02. The van der Waals surface area contributed by atoms with Crippen molar-refractivity contribution in [1.29, 1.82) is 0 Å². The Bertz CT molecular complexity index is 561. The second kappa shape index (κ2) is 6.83. The third-order valence-electron chi connectivity index (χ3n) is 2.85. The van der Waals surface area contributed by atoms with Gasteiger partial charge in [-0.2, -0.15) is 0 Å². The Labute approximate surface area is 123 Å². The summed E-state index contributed by atoms with van der Waals surface area (Å²) in [6.45, 7) is 5.57. The molecular weight excluding hydrogens is 272 g/mol. The zero-order valence-corrected chi connectivity index (χ0v) is 12.9. The summed E-state index contributed by atoms with van der Waals surface area (Å²) in [5, 5.41) is 0.927. The number of nitrogens with zero attached hydrogens (tertiary/aromatic N) is 1. The van der Waals surface area contributed by atoms with Gasteiger partial charge in [0, 0.05) is 18.5 Å². The molecule has 0 saturated carbocycles. The van der Waals surface area contributed by atoms with Gasteiger partial charge >= 0.3 is 0 Å². The molecule has 0 amide bonds. The second-order valence-electron chi connectivity index (χ2n) is 4.73. The number of hydrogen-bond acceptors (Lipinski definition) is 5. The number of aryl methyl sites for hydroxylation is 2. The van der Waals surface area contributed by atoms with E-state index in [0.29, 0.717) is 19.8 Å². The van der Waals surface area contributed by atoms with E-state index in [1.165, 1.54) is 11.1 Å². The number of rotatable bonds is 6. The summed E-state index contributed by atoms with van der Waals surface area (Å²) in [6.07, 6.45) is 0. The van der Waals surface area contributed by atoms with Gasteiger partial charge in [-0.05, 0) is 37.1 Å². The summed E-state index contributed by atoms with van der Waals surface area (Å²) in [5.74, 6) is 0.875. The molecule has 1 aromatic heterocycles. The van der Waals surface area contributed by atoms with Crippen LogP contribution in [-0.2, 0) is 24.5 Å². The molecule has 2 N–H and O–H groups in total. The minimum Gasteiger partial charge on any atom is -0.486 e. The summed E-state index contributed by atoms with van der Waals surface area (Å²) < 4.78 is 10.9. The van der Waals surface area contributed by atoms with Crippen molar-refractivity contribution in [3.63, 3.8) is 0 Å². The lowest BCUT2D eigenvalue weighted by Gasteiger charge is -2.06. The molecule has 4 nitrogen and oxygen atoms in total.